The van der Waals surface area contributed by atoms with E-state index in [2.05, 4.69) is 48.3 Å². The fourth-order valence-corrected chi connectivity index (χ4v) is 4.74. The van der Waals surface area contributed by atoms with Crippen molar-refractivity contribution in [2.45, 2.75) is 26.3 Å². The van der Waals surface area contributed by atoms with Crippen molar-refractivity contribution in [1.82, 2.24) is 4.90 Å². The average molecular weight is 493 g/mol. The lowest BCUT2D eigenvalue weighted by atomic mass is 9.92. The molecule has 184 valence electrons. The molecule has 3 aromatic rings. The summed E-state index contributed by atoms with van der Waals surface area (Å²) in [6.07, 6.45) is 0.829. The lowest BCUT2D eigenvalue weighted by Crippen LogP contribution is -2.44. The van der Waals surface area contributed by atoms with Crippen molar-refractivity contribution in [1.29, 1.82) is 0 Å². The molecule has 0 spiro atoms. The predicted octanol–water partition coefficient (Wildman–Crippen LogP) is 5.70. The van der Waals surface area contributed by atoms with Crippen molar-refractivity contribution in [3.05, 3.63) is 76.9 Å². The molecule has 0 aromatic heterocycles. The number of methoxy groups -OCH3 is 3. The third-order valence-corrected chi connectivity index (χ3v) is 6.70. The van der Waals surface area contributed by atoms with Crippen LogP contribution in [0.2, 0.25) is 0 Å². The van der Waals surface area contributed by atoms with Gasteiger partial charge in [0.05, 0.1) is 27.4 Å². The first-order valence-electron chi connectivity index (χ1n) is 11.6. The molecule has 1 atom stereocenters. The molecule has 0 bridgehead atoms. The lowest BCUT2D eigenvalue weighted by molar-refractivity contribution is 0.185. The number of hydrogen-bond acceptors (Lipinski definition) is 5. The first-order valence-corrected chi connectivity index (χ1v) is 12.0. The molecular formula is C28H32N2O4S. The van der Waals surface area contributed by atoms with Gasteiger partial charge >= 0.3 is 0 Å². The lowest BCUT2D eigenvalue weighted by Gasteiger charge is -2.39. The van der Waals surface area contributed by atoms with E-state index in [9.17, 15) is 0 Å². The molecule has 0 unspecified atom stereocenters. The monoisotopic (exact) mass is 492 g/mol. The van der Waals surface area contributed by atoms with Crippen LogP contribution in [0, 0.1) is 13.8 Å². The van der Waals surface area contributed by atoms with Crippen LogP contribution in [0.4, 0.5) is 5.69 Å². The van der Waals surface area contributed by atoms with Crippen LogP contribution in [0.3, 0.4) is 0 Å². The van der Waals surface area contributed by atoms with E-state index < -0.39 is 0 Å². The van der Waals surface area contributed by atoms with Crippen molar-refractivity contribution in [2.75, 3.05) is 39.8 Å². The summed E-state index contributed by atoms with van der Waals surface area (Å²) in [5, 5.41) is 4.13. The average Bonchev–Trinajstić information content (AvgIpc) is 2.88. The quantitative estimate of drug-likeness (QED) is 0.424. The Kier molecular flexibility index (Phi) is 7.66. The third kappa shape index (κ3) is 5.30. The van der Waals surface area contributed by atoms with E-state index in [0.29, 0.717) is 29.0 Å². The van der Waals surface area contributed by atoms with Crippen molar-refractivity contribution in [2.24, 2.45) is 0 Å². The fraction of sp³-hybridized carbons (Fsp3) is 0.321. The van der Waals surface area contributed by atoms with Gasteiger partial charge in [-0.15, -0.1) is 0 Å². The second-order valence-electron chi connectivity index (χ2n) is 8.58. The molecule has 0 fully saturated rings. The van der Waals surface area contributed by atoms with Gasteiger partial charge in [0.2, 0.25) is 0 Å². The minimum Gasteiger partial charge on any atom is -0.493 e. The molecule has 6 nitrogen and oxygen atoms in total. The standard InChI is InChI=1S/C28H32N2O4S/c1-18-10-11-19(2)22(14-18)29-28(35)30-13-12-20-15-26(32-4)27(33-5)16-21(20)23(30)17-34-25-9-7-6-8-24(25)31-3/h6-11,14-16,23H,12-13,17H2,1-5H3,(H,29,35)/t23-/m0/s1. The zero-order chi connectivity index (χ0) is 24.9. The van der Waals surface area contributed by atoms with Gasteiger partial charge in [0.25, 0.3) is 0 Å². The Morgan fingerprint density at radius 1 is 0.914 bits per heavy atom. The Labute approximate surface area is 212 Å². The molecule has 0 radical (unpaired) electrons. The highest BCUT2D eigenvalue weighted by molar-refractivity contribution is 7.80. The summed E-state index contributed by atoms with van der Waals surface area (Å²) < 4.78 is 23.0. The summed E-state index contributed by atoms with van der Waals surface area (Å²) in [7, 11) is 4.95. The van der Waals surface area contributed by atoms with E-state index in [1.807, 2.05) is 30.3 Å². The van der Waals surface area contributed by atoms with E-state index >= 15 is 0 Å². The maximum absolute atomic E-state index is 6.30. The molecule has 4 rings (SSSR count). The van der Waals surface area contributed by atoms with Gasteiger partial charge in [-0.05, 0) is 85.1 Å². The molecule has 1 N–H and O–H groups in total. The molecule has 1 heterocycles. The summed E-state index contributed by atoms with van der Waals surface area (Å²) in [6, 6.07) is 18.0. The molecular weight excluding hydrogens is 460 g/mol. The first kappa shape index (κ1) is 24.7. The number of nitrogens with one attached hydrogen (secondary N) is 1. The van der Waals surface area contributed by atoms with Gasteiger partial charge in [-0.1, -0.05) is 24.3 Å². The maximum Gasteiger partial charge on any atom is 0.174 e. The van der Waals surface area contributed by atoms with Crippen LogP contribution in [-0.4, -0.2) is 44.5 Å². The molecule has 0 saturated heterocycles. The SMILES string of the molecule is COc1cc2c(cc1OC)[C@H](COc1ccccc1OC)N(C(=S)Nc1cc(C)ccc1C)CC2. The second-order valence-corrected chi connectivity index (χ2v) is 8.96. The second kappa shape index (κ2) is 10.9. The number of hydrogen-bond donors (Lipinski definition) is 1. The number of benzene rings is 3. The van der Waals surface area contributed by atoms with E-state index in [0.717, 1.165) is 35.5 Å². The molecule has 35 heavy (non-hydrogen) atoms. The highest BCUT2D eigenvalue weighted by Gasteiger charge is 2.32. The fourth-order valence-electron chi connectivity index (χ4n) is 4.42. The zero-order valence-electron chi connectivity index (χ0n) is 20.9. The molecule has 0 aliphatic carbocycles. The van der Waals surface area contributed by atoms with Crippen LogP contribution in [0.15, 0.2) is 54.6 Å². The van der Waals surface area contributed by atoms with Crippen LogP contribution in [0.25, 0.3) is 0 Å². The van der Waals surface area contributed by atoms with Crippen molar-refractivity contribution in [3.8, 4) is 23.0 Å². The Bertz CT molecular complexity index is 1210. The smallest absolute Gasteiger partial charge is 0.174 e. The Balaban J connectivity index is 1.68. The topological polar surface area (TPSA) is 52.2 Å². The maximum atomic E-state index is 6.30. The summed E-state index contributed by atoms with van der Waals surface area (Å²) in [6.45, 7) is 5.29. The Morgan fingerprint density at radius 3 is 2.31 bits per heavy atom. The number of anilines is 1. The number of thiocarbonyl (C=S) groups is 1. The van der Waals surface area contributed by atoms with E-state index in [4.69, 9.17) is 31.2 Å². The predicted molar refractivity (Wildman–Crippen MR) is 143 cm³/mol. The van der Waals surface area contributed by atoms with Gasteiger partial charge in [-0.25, -0.2) is 0 Å². The van der Waals surface area contributed by atoms with Gasteiger partial charge < -0.3 is 29.2 Å². The van der Waals surface area contributed by atoms with E-state index in [-0.39, 0.29) is 6.04 Å². The number of rotatable bonds is 7. The largest absolute Gasteiger partial charge is 0.493 e. The van der Waals surface area contributed by atoms with Crippen molar-refractivity contribution < 1.29 is 18.9 Å². The van der Waals surface area contributed by atoms with Crippen LogP contribution in [0.1, 0.15) is 28.3 Å². The van der Waals surface area contributed by atoms with Gasteiger partial charge in [0.1, 0.15) is 6.61 Å². The van der Waals surface area contributed by atoms with Crippen molar-refractivity contribution in [3.63, 3.8) is 0 Å². The van der Waals surface area contributed by atoms with E-state index in [1.54, 1.807) is 21.3 Å². The van der Waals surface area contributed by atoms with Crippen molar-refractivity contribution >= 4 is 23.0 Å². The van der Waals surface area contributed by atoms with Crippen LogP contribution >= 0.6 is 12.2 Å². The zero-order valence-corrected chi connectivity index (χ0v) is 21.7. The molecule has 0 saturated carbocycles. The van der Waals surface area contributed by atoms with E-state index in [1.165, 1.54) is 11.1 Å². The van der Waals surface area contributed by atoms with Crippen LogP contribution < -0.4 is 24.3 Å². The minimum absolute atomic E-state index is 0.131. The van der Waals surface area contributed by atoms with Gasteiger partial charge in [0, 0.05) is 12.2 Å². The molecule has 1 aliphatic heterocycles. The summed E-state index contributed by atoms with van der Waals surface area (Å²) in [4.78, 5) is 2.20. The first-order chi connectivity index (χ1) is 16.9. The highest BCUT2D eigenvalue weighted by Crippen LogP contribution is 2.39. The number of aryl methyl sites for hydroxylation is 2. The third-order valence-electron chi connectivity index (χ3n) is 6.36. The number of ether oxygens (including phenoxy) is 4. The summed E-state index contributed by atoms with van der Waals surface area (Å²) >= 11 is 5.93. The number of nitrogens with zero attached hydrogens (tertiary/aromatic N) is 1. The highest BCUT2D eigenvalue weighted by atomic mass is 32.1. The molecule has 1 aliphatic rings. The van der Waals surface area contributed by atoms with Crippen LogP contribution in [-0.2, 0) is 6.42 Å². The molecule has 3 aromatic carbocycles. The summed E-state index contributed by atoms with van der Waals surface area (Å²) in [5.41, 5.74) is 5.63. The summed E-state index contributed by atoms with van der Waals surface area (Å²) in [5.74, 6) is 2.79. The normalized spacial score (nSPS) is 14.7. The molecule has 0 amide bonds. The van der Waals surface area contributed by atoms with Crippen LogP contribution in [0.5, 0.6) is 23.0 Å². The number of fused-ring (bicyclic) bond motifs is 1. The van der Waals surface area contributed by atoms with Gasteiger partial charge in [-0.2, -0.15) is 0 Å². The Hall–Kier alpha value is -3.45. The molecule has 7 heteroatoms. The minimum atomic E-state index is -0.131. The van der Waals surface area contributed by atoms with Gasteiger partial charge in [0.15, 0.2) is 28.1 Å². The number of para-hydroxylation sites is 2. The van der Waals surface area contributed by atoms with Gasteiger partial charge in [-0.3, -0.25) is 0 Å². The Morgan fingerprint density at radius 2 is 1.60 bits per heavy atom.